The molecule has 0 aliphatic heterocycles. The highest BCUT2D eigenvalue weighted by molar-refractivity contribution is 6.03. The molecule has 1 unspecified atom stereocenters. The Morgan fingerprint density at radius 2 is 1.92 bits per heavy atom. The van der Waals surface area contributed by atoms with Crippen LogP contribution in [0.3, 0.4) is 0 Å². The van der Waals surface area contributed by atoms with Crippen molar-refractivity contribution in [2.75, 3.05) is 5.73 Å². The standard InChI is InChI=1S/C28H21N9O2/c1-17(32-27(38)23-24(29)35-36-16-6-14-30-26(23)36)25-33-21-10-5-7-18(11-12-19-13-15-31-34-19)22(21)28(39)37(25)20-8-3-2-4-9-20/h2-10,13-17H,1H3,(H4,29,31,32,34,35,38,39)/p+1. The average molecular weight is 517 g/mol. The van der Waals surface area contributed by atoms with Gasteiger partial charge in [0.1, 0.15) is 23.9 Å². The maximum atomic E-state index is 14.1. The van der Waals surface area contributed by atoms with Gasteiger partial charge in [-0.1, -0.05) is 30.2 Å². The van der Waals surface area contributed by atoms with Gasteiger partial charge in [0.05, 0.1) is 22.6 Å². The van der Waals surface area contributed by atoms with Crippen LogP contribution in [-0.2, 0) is 0 Å². The van der Waals surface area contributed by atoms with E-state index in [1.807, 2.05) is 30.3 Å². The summed E-state index contributed by atoms with van der Waals surface area (Å²) in [6.07, 6.45) is 4.90. The summed E-state index contributed by atoms with van der Waals surface area (Å²) in [6, 6.07) is 17.3. The molecule has 11 heteroatoms. The molecule has 11 nitrogen and oxygen atoms in total. The van der Waals surface area contributed by atoms with Gasteiger partial charge in [-0.15, -0.1) is 4.52 Å². The highest BCUT2D eigenvalue weighted by Gasteiger charge is 2.27. The number of carbonyl (C=O) groups is 1. The van der Waals surface area contributed by atoms with Crippen molar-refractivity contribution < 1.29 is 9.31 Å². The first-order valence-corrected chi connectivity index (χ1v) is 12.1. The van der Waals surface area contributed by atoms with Gasteiger partial charge in [-0.2, -0.15) is 5.10 Å². The zero-order valence-electron chi connectivity index (χ0n) is 20.7. The summed E-state index contributed by atoms with van der Waals surface area (Å²) in [5.74, 6) is 6.13. The minimum atomic E-state index is -0.674. The van der Waals surface area contributed by atoms with Crippen LogP contribution < -0.4 is 21.1 Å². The highest BCUT2D eigenvalue weighted by Crippen LogP contribution is 2.21. The van der Waals surface area contributed by atoms with Gasteiger partial charge in [-0.3, -0.25) is 19.3 Å². The molecule has 2 aromatic carbocycles. The summed E-state index contributed by atoms with van der Waals surface area (Å²) in [5.41, 5.74) is 8.60. The van der Waals surface area contributed by atoms with Crippen LogP contribution in [0.5, 0.6) is 0 Å². The third-order valence-electron chi connectivity index (χ3n) is 6.21. The number of para-hydroxylation sites is 1. The van der Waals surface area contributed by atoms with Crippen LogP contribution in [0.15, 0.2) is 84.0 Å². The molecule has 190 valence electrons. The Labute approximate surface area is 221 Å². The van der Waals surface area contributed by atoms with Crippen LogP contribution in [0.25, 0.3) is 22.2 Å². The summed E-state index contributed by atoms with van der Waals surface area (Å²) in [6.45, 7) is 1.76. The second kappa shape index (κ2) is 9.60. The molecule has 1 amide bonds. The molecule has 6 aromatic rings. The number of nitrogen functional groups attached to an aromatic ring is 1. The molecule has 0 saturated carbocycles. The maximum Gasteiger partial charge on any atom is 0.362 e. The summed E-state index contributed by atoms with van der Waals surface area (Å²) in [5, 5.41) is 12.9. The molecule has 0 aliphatic carbocycles. The topological polar surface area (TPSA) is 151 Å². The van der Waals surface area contributed by atoms with E-state index in [0.29, 0.717) is 39.3 Å². The monoisotopic (exact) mass is 516 g/mol. The van der Waals surface area contributed by atoms with Gasteiger partial charge < -0.3 is 11.1 Å². The van der Waals surface area contributed by atoms with Gasteiger partial charge in [0.15, 0.2) is 11.4 Å². The normalized spacial score (nSPS) is 11.7. The number of aromatic amines is 2. The van der Waals surface area contributed by atoms with Gasteiger partial charge in [0.2, 0.25) is 0 Å². The SMILES string of the molecule is CC(NC(=O)c1c(N)[nH][n+]2cccnc12)c1nc2cccc(C#Cc3ccn[nH]3)c2c(=O)n1-c1ccccc1. The van der Waals surface area contributed by atoms with Crippen LogP contribution in [0.2, 0.25) is 0 Å². The second-order valence-corrected chi connectivity index (χ2v) is 8.78. The first-order valence-electron chi connectivity index (χ1n) is 12.1. The lowest BCUT2D eigenvalue weighted by atomic mass is 10.1. The molecule has 0 aliphatic rings. The minimum absolute atomic E-state index is 0.172. The van der Waals surface area contributed by atoms with E-state index in [0.717, 1.165) is 0 Å². The molecular weight excluding hydrogens is 494 g/mol. The lowest BCUT2D eigenvalue weighted by Crippen LogP contribution is -2.34. The number of amides is 1. The second-order valence-electron chi connectivity index (χ2n) is 8.78. The molecule has 0 spiro atoms. The van der Waals surface area contributed by atoms with Crippen molar-refractivity contribution in [3.05, 3.63) is 112 Å². The largest absolute Gasteiger partial charge is 0.382 e. The number of nitrogens with one attached hydrogen (secondary N) is 3. The van der Waals surface area contributed by atoms with Crippen molar-refractivity contribution >= 4 is 28.3 Å². The summed E-state index contributed by atoms with van der Waals surface area (Å²) < 4.78 is 3.06. The number of hydrogen-bond donors (Lipinski definition) is 4. The Hall–Kier alpha value is -5.76. The van der Waals surface area contributed by atoms with Crippen LogP contribution in [0.1, 0.15) is 40.4 Å². The van der Waals surface area contributed by atoms with Gasteiger partial charge in [-0.25, -0.2) is 10.1 Å². The number of nitrogens with zero attached hydrogens (tertiary/aromatic N) is 5. The van der Waals surface area contributed by atoms with Gasteiger partial charge in [0.25, 0.3) is 11.5 Å². The molecule has 0 saturated heterocycles. The third-order valence-corrected chi connectivity index (χ3v) is 6.21. The van der Waals surface area contributed by atoms with Crippen molar-refractivity contribution in [1.82, 2.24) is 35.1 Å². The third kappa shape index (κ3) is 4.25. The lowest BCUT2D eigenvalue weighted by molar-refractivity contribution is -0.577. The fraction of sp³-hybridized carbons (Fsp3) is 0.0714. The van der Waals surface area contributed by atoms with Crippen molar-refractivity contribution in [1.29, 1.82) is 0 Å². The van der Waals surface area contributed by atoms with E-state index in [1.54, 1.807) is 60.4 Å². The zero-order chi connectivity index (χ0) is 26.9. The van der Waals surface area contributed by atoms with Crippen molar-refractivity contribution in [2.45, 2.75) is 13.0 Å². The number of carbonyl (C=O) groups excluding carboxylic acids is 1. The summed E-state index contributed by atoms with van der Waals surface area (Å²) in [7, 11) is 0. The number of fused-ring (bicyclic) bond motifs is 2. The number of benzene rings is 2. The number of aromatic nitrogens is 7. The number of rotatable bonds is 4. The Balaban J connectivity index is 1.48. The fourth-order valence-electron chi connectivity index (χ4n) is 4.44. The molecule has 6 rings (SSSR count). The number of anilines is 1. The molecule has 4 aromatic heterocycles. The summed E-state index contributed by atoms with van der Waals surface area (Å²) in [4.78, 5) is 36.5. The van der Waals surface area contributed by atoms with Crippen molar-refractivity contribution in [2.24, 2.45) is 0 Å². The minimum Gasteiger partial charge on any atom is -0.382 e. The molecule has 5 N–H and O–H groups in total. The van der Waals surface area contributed by atoms with E-state index >= 15 is 0 Å². The Morgan fingerprint density at radius 3 is 2.72 bits per heavy atom. The summed E-state index contributed by atoms with van der Waals surface area (Å²) >= 11 is 0. The number of hydrogen-bond acceptors (Lipinski definition) is 6. The molecule has 4 heterocycles. The molecule has 1 atom stereocenters. The van der Waals surface area contributed by atoms with Crippen LogP contribution in [-0.4, -0.2) is 35.7 Å². The predicted octanol–water partition coefficient (Wildman–Crippen LogP) is 2.04. The van der Waals surface area contributed by atoms with Crippen LogP contribution in [0.4, 0.5) is 5.82 Å². The predicted molar refractivity (Wildman–Crippen MR) is 144 cm³/mol. The van der Waals surface area contributed by atoms with Gasteiger partial charge in [0, 0.05) is 17.8 Å². The number of H-pyrrole nitrogens is 2. The molecular formula is C28H22N9O2+. The Kier molecular flexibility index (Phi) is 5.82. The smallest absolute Gasteiger partial charge is 0.362 e. The van der Waals surface area contributed by atoms with Gasteiger partial charge >= 0.3 is 5.65 Å². The molecule has 39 heavy (non-hydrogen) atoms. The fourth-order valence-corrected chi connectivity index (χ4v) is 4.44. The Morgan fingerprint density at radius 1 is 1.08 bits per heavy atom. The zero-order valence-corrected chi connectivity index (χ0v) is 20.7. The number of nitrogens with two attached hydrogens (primary N) is 1. The van der Waals surface area contributed by atoms with Crippen LogP contribution >= 0.6 is 0 Å². The van der Waals surface area contributed by atoms with E-state index in [9.17, 15) is 9.59 Å². The average Bonchev–Trinajstić information content (AvgIpc) is 3.59. The van der Waals surface area contributed by atoms with Crippen molar-refractivity contribution in [3.8, 4) is 17.5 Å². The van der Waals surface area contributed by atoms with Gasteiger partial charge in [-0.05, 0) is 48.2 Å². The molecule has 0 radical (unpaired) electrons. The molecule has 0 fully saturated rings. The Bertz CT molecular complexity index is 1960. The lowest BCUT2D eigenvalue weighted by Gasteiger charge is -2.19. The van der Waals surface area contributed by atoms with Crippen molar-refractivity contribution in [3.63, 3.8) is 0 Å². The van der Waals surface area contributed by atoms with E-state index in [4.69, 9.17) is 10.7 Å². The van der Waals surface area contributed by atoms with E-state index in [1.165, 1.54) is 4.57 Å². The quantitative estimate of drug-likeness (QED) is 0.208. The highest BCUT2D eigenvalue weighted by atomic mass is 16.2. The maximum absolute atomic E-state index is 14.1. The molecule has 0 bridgehead atoms. The van der Waals surface area contributed by atoms with Crippen LogP contribution in [0, 0.1) is 11.8 Å². The van der Waals surface area contributed by atoms with E-state index in [-0.39, 0.29) is 16.9 Å². The first kappa shape index (κ1) is 23.6. The van der Waals surface area contributed by atoms with E-state index in [2.05, 4.69) is 37.4 Å². The first-order chi connectivity index (χ1) is 19.0. The van der Waals surface area contributed by atoms with E-state index < -0.39 is 11.9 Å².